The molecule has 1 aromatic carbocycles. The molecule has 0 bridgehead atoms. The highest BCUT2D eigenvalue weighted by molar-refractivity contribution is 5.66. The molecule has 100 valence electrons. The SMILES string of the molecule is COc1ccc(-n2nc(C)nc2CCC(=O)O)cc1. The number of aromatic nitrogens is 3. The van der Waals surface area contributed by atoms with Crippen molar-refractivity contribution in [1.29, 1.82) is 0 Å². The first-order valence-corrected chi connectivity index (χ1v) is 5.89. The predicted molar refractivity (Wildman–Crippen MR) is 68.6 cm³/mol. The van der Waals surface area contributed by atoms with Crippen molar-refractivity contribution in [3.8, 4) is 11.4 Å². The number of ether oxygens (including phenoxy) is 1. The summed E-state index contributed by atoms with van der Waals surface area (Å²) in [7, 11) is 1.60. The van der Waals surface area contributed by atoms with Crippen LogP contribution < -0.4 is 4.74 Å². The molecule has 6 nitrogen and oxygen atoms in total. The van der Waals surface area contributed by atoms with Crippen LogP contribution in [0.4, 0.5) is 0 Å². The Morgan fingerprint density at radius 2 is 2.05 bits per heavy atom. The summed E-state index contributed by atoms with van der Waals surface area (Å²) in [5, 5.41) is 13.0. The molecule has 1 aromatic heterocycles. The van der Waals surface area contributed by atoms with Crippen LogP contribution in [0.25, 0.3) is 5.69 Å². The molecule has 0 aliphatic heterocycles. The molecule has 6 heteroatoms. The van der Waals surface area contributed by atoms with Gasteiger partial charge in [-0.15, -0.1) is 0 Å². The first-order chi connectivity index (χ1) is 9.10. The molecule has 1 heterocycles. The van der Waals surface area contributed by atoms with Gasteiger partial charge in [0.1, 0.15) is 17.4 Å². The van der Waals surface area contributed by atoms with Gasteiger partial charge in [-0.1, -0.05) is 0 Å². The molecule has 0 unspecified atom stereocenters. The number of carboxylic acid groups (broad SMARTS) is 1. The van der Waals surface area contributed by atoms with E-state index in [1.54, 1.807) is 18.7 Å². The topological polar surface area (TPSA) is 77.2 Å². The van der Waals surface area contributed by atoms with E-state index in [-0.39, 0.29) is 6.42 Å². The lowest BCUT2D eigenvalue weighted by Crippen LogP contribution is -2.06. The van der Waals surface area contributed by atoms with E-state index in [1.807, 2.05) is 24.3 Å². The molecule has 2 rings (SSSR count). The van der Waals surface area contributed by atoms with Gasteiger partial charge in [0, 0.05) is 6.42 Å². The number of hydrogen-bond donors (Lipinski definition) is 1. The fourth-order valence-corrected chi connectivity index (χ4v) is 1.77. The molecule has 0 atom stereocenters. The Balaban J connectivity index is 2.29. The van der Waals surface area contributed by atoms with Gasteiger partial charge in [-0.2, -0.15) is 5.10 Å². The lowest BCUT2D eigenvalue weighted by molar-refractivity contribution is -0.137. The standard InChI is InChI=1S/C13H15N3O3/c1-9-14-12(7-8-13(17)18)16(15-9)10-3-5-11(19-2)6-4-10/h3-6H,7-8H2,1-2H3,(H,17,18). The third-order valence-electron chi connectivity index (χ3n) is 2.66. The fourth-order valence-electron chi connectivity index (χ4n) is 1.77. The number of rotatable bonds is 5. The van der Waals surface area contributed by atoms with Crippen molar-refractivity contribution in [2.24, 2.45) is 0 Å². The van der Waals surface area contributed by atoms with Crippen LogP contribution in [-0.2, 0) is 11.2 Å². The first-order valence-electron chi connectivity index (χ1n) is 5.89. The van der Waals surface area contributed by atoms with Crippen molar-refractivity contribution in [1.82, 2.24) is 14.8 Å². The van der Waals surface area contributed by atoms with Gasteiger partial charge in [0.05, 0.1) is 19.2 Å². The zero-order chi connectivity index (χ0) is 13.8. The Morgan fingerprint density at radius 1 is 1.37 bits per heavy atom. The predicted octanol–water partition coefficient (Wildman–Crippen LogP) is 1.60. The van der Waals surface area contributed by atoms with Crippen molar-refractivity contribution >= 4 is 5.97 Å². The maximum atomic E-state index is 10.6. The Bertz CT molecular complexity index is 575. The molecule has 0 fully saturated rings. The first kappa shape index (κ1) is 13.1. The third kappa shape index (κ3) is 3.09. The second-order valence-corrected chi connectivity index (χ2v) is 4.08. The molecule has 0 saturated heterocycles. The maximum Gasteiger partial charge on any atom is 0.303 e. The third-order valence-corrected chi connectivity index (χ3v) is 2.66. The fraction of sp³-hybridized carbons (Fsp3) is 0.308. The summed E-state index contributed by atoms with van der Waals surface area (Å²) >= 11 is 0. The van der Waals surface area contributed by atoms with Crippen LogP contribution in [0.3, 0.4) is 0 Å². The van der Waals surface area contributed by atoms with E-state index in [2.05, 4.69) is 10.1 Å². The summed E-state index contributed by atoms with van der Waals surface area (Å²) in [6.45, 7) is 1.78. The van der Waals surface area contributed by atoms with Crippen molar-refractivity contribution in [2.75, 3.05) is 7.11 Å². The van der Waals surface area contributed by atoms with Gasteiger partial charge >= 0.3 is 5.97 Å². The number of benzene rings is 1. The molecule has 2 aromatic rings. The van der Waals surface area contributed by atoms with E-state index in [0.717, 1.165) is 11.4 Å². The van der Waals surface area contributed by atoms with Crippen LogP contribution in [0.2, 0.25) is 0 Å². The smallest absolute Gasteiger partial charge is 0.303 e. The monoisotopic (exact) mass is 261 g/mol. The van der Waals surface area contributed by atoms with Gasteiger partial charge in [-0.3, -0.25) is 4.79 Å². The molecule has 0 radical (unpaired) electrons. The minimum Gasteiger partial charge on any atom is -0.497 e. The molecular formula is C13H15N3O3. The summed E-state index contributed by atoms with van der Waals surface area (Å²) in [6.07, 6.45) is 0.385. The highest BCUT2D eigenvalue weighted by Crippen LogP contribution is 2.16. The van der Waals surface area contributed by atoms with Gasteiger partial charge in [0.15, 0.2) is 0 Å². The molecule has 19 heavy (non-hydrogen) atoms. The summed E-state index contributed by atoms with van der Waals surface area (Å²) < 4.78 is 6.76. The zero-order valence-corrected chi connectivity index (χ0v) is 10.8. The Kier molecular flexibility index (Phi) is 3.79. The molecule has 0 saturated carbocycles. The molecule has 0 aliphatic carbocycles. The molecular weight excluding hydrogens is 246 g/mol. The maximum absolute atomic E-state index is 10.6. The summed E-state index contributed by atoms with van der Waals surface area (Å²) in [4.78, 5) is 14.9. The Hall–Kier alpha value is -2.37. The van der Waals surface area contributed by atoms with Gasteiger partial charge in [0.2, 0.25) is 0 Å². The number of nitrogens with zero attached hydrogens (tertiary/aromatic N) is 3. The van der Waals surface area contributed by atoms with Crippen LogP contribution in [0.15, 0.2) is 24.3 Å². The average molecular weight is 261 g/mol. The van der Waals surface area contributed by atoms with Crippen LogP contribution in [0, 0.1) is 6.92 Å². The number of hydrogen-bond acceptors (Lipinski definition) is 4. The van der Waals surface area contributed by atoms with Crippen molar-refractivity contribution < 1.29 is 14.6 Å². The highest BCUT2D eigenvalue weighted by Gasteiger charge is 2.11. The zero-order valence-electron chi connectivity index (χ0n) is 10.8. The van der Waals surface area contributed by atoms with E-state index < -0.39 is 5.97 Å². The summed E-state index contributed by atoms with van der Waals surface area (Å²) in [5.41, 5.74) is 0.835. The van der Waals surface area contributed by atoms with Gasteiger partial charge in [0.25, 0.3) is 0 Å². The Morgan fingerprint density at radius 3 is 2.63 bits per heavy atom. The normalized spacial score (nSPS) is 10.4. The minimum atomic E-state index is -0.845. The van der Waals surface area contributed by atoms with Crippen molar-refractivity contribution in [3.05, 3.63) is 35.9 Å². The van der Waals surface area contributed by atoms with Crippen LogP contribution in [0.1, 0.15) is 18.1 Å². The Labute approximate surface area is 110 Å². The second kappa shape index (κ2) is 5.51. The van der Waals surface area contributed by atoms with E-state index >= 15 is 0 Å². The van der Waals surface area contributed by atoms with Gasteiger partial charge < -0.3 is 9.84 Å². The summed E-state index contributed by atoms with van der Waals surface area (Å²) in [5.74, 6) is 1.18. The molecule has 1 N–H and O–H groups in total. The quantitative estimate of drug-likeness (QED) is 0.884. The number of carboxylic acids is 1. The lowest BCUT2D eigenvalue weighted by Gasteiger charge is -2.06. The van der Waals surface area contributed by atoms with Crippen LogP contribution in [-0.4, -0.2) is 33.0 Å². The second-order valence-electron chi connectivity index (χ2n) is 4.08. The number of aryl methyl sites for hydroxylation is 2. The molecule has 0 spiro atoms. The number of carbonyl (C=O) groups is 1. The van der Waals surface area contributed by atoms with Gasteiger partial charge in [-0.05, 0) is 31.2 Å². The highest BCUT2D eigenvalue weighted by atomic mass is 16.5. The van der Waals surface area contributed by atoms with Crippen molar-refractivity contribution in [3.63, 3.8) is 0 Å². The number of methoxy groups -OCH3 is 1. The summed E-state index contributed by atoms with van der Waals surface area (Å²) in [6, 6.07) is 7.37. The largest absolute Gasteiger partial charge is 0.497 e. The van der Waals surface area contributed by atoms with Crippen LogP contribution >= 0.6 is 0 Å². The van der Waals surface area contributed by atoms with E-state index in [9.17, 15) is 4.79 Å². The van der Waals surface area contributed by atoms with E-state index in [0.29, 0.717) is 18.1 Å². The minimum absolute atomic E-state index is 0.0360. The number of aliphatic carboxylic acids is 1. The van der Waals surface area contributed by atoms with Crippen LogP contribution in [0.5, 0.6) is 5.75 Å². The molecule has 0 amide bonds. The van der Waals surface area contributed by atoms with Crippen molar-refractivity contribution in [2.45, 2.75) is 19.8 Å². The van der Waals surface area contributed by atoms with E-state index in [4.69, 9.17) is 9.84 Å². The average Bonchev–Trinajstić information content (AvgIpc) is 2.78. The van der Waals surface area contributed by atoms with Gasteiger partial charge in [-0.25, -0.2) is 9.67 Å². The molecule has 0 aliphatic rings. The van der Waals surface area contributed by atoms with E-state index in [1.165, 1.54) is 0 Å². The lowest BCUT2D eigenvalue weighted by atomic mass is 10.2.